The van der Waals surface area contributed by atoms with Crippen molar-refractivity contribution >= 4 is 5.69 Å². The molecule has 2 unspecified atom stereocenters. The van der Waals surface area contributed by atoms with Crippen LogP contribution in [0.25, 0.3) is 0 Å². The van der Waals surface area contributed by atoms with E-state index in [1.807, 2.05) is 12.1 Å². The van der Waals surface area contributed by atoms with E-state index in [9.17, 15) is 0 Å². The molecule has 3 nitrogen and oxygen atoms in total. The van der Waals surface area contributed by atoms with Gasteiger partial charge in [0.05, 0.1) is 30.8 Å². The highest BCUT2D eigenvalue weighted by molar-refractivity contribution is 5.50. The highest BCUT2D eigenvalue weighted by Crippen LogP contribution is 2.42. The molecule has 0 saturated carbocycles. The molecule has 2 bridgehead atoms. The largest absolute Gasteiger partial charge is 0.398 e. The van der Waals surface area contributed by atoms with Crippen LogP contribution in [-0.4, -0.2) is 23.6 Å². The third-order valence-electron chi connectivity index (χ3n) is 5.16. The lowest BCUT2D eigenvalue weighted by molar-refractivity contribution is -0.958. The van der Waals surface area contributed by atoms with Crippen molar-refractivity contribution in [1.82, 2.24) is 0 Å². The molecule has 2 saturated heterocycles. The maximum absolute atomic E-state index is 9.04. The summed E-state index contributed by atoms with van der Waals surface area (Å²) in [6.07, 6.45) is 7.57. The SMILES string of the molecule is C[N+]1(Cc2cc(C#N)ccc2N)C2C[CH]CC1CC2. The summed E-state index contributed by atoms with van der Waals surface area (Å²) >= 11 is 0. The van der Waals surface area contributed by atoms with Gasteiger partial charge in [0.25, 0.3) is 0 Å². The van der Waals surface area contributed by atoms with E-state index in [2.05, 4.69) is 19.5 Å². The van der Waals surface area contributed by atoms with Gasteiger partial charge in [-0.1, -0.05) is 0 Å². The Morgan fingerprint density at radius 3 is 2.63 bits per heavy atom. The van der Waals surface area contributed by atoms with Gasteiger partial charge in [-0.05, 0) is 24.6 Å². The van der Waals surface area contributed by atoms with E-state index in [-0.39, 0.29) is 0 Å². The molecule has 19 heavy (non-hydrogen) atoms. The normalized spacial score (nSPS) is 33.1. The number of hydrogen-bond acceptors (Lipinski definition) is 2. The summed E-state index contributed by atoms with van der Waals surface area (Å²) in [7, 11) is 2.37. The van der Waals surface area contributed by atoms with Crippen LogP contribution in [0.1, 0.15) is 36.8 Å². The minimum atomic E-state index is 0.715. The average Bonchev–Trinajstić information content (AvgIpc) is 2.60. The van der Waals surface area contributed by atoms with Crippen LogP contribution in [0, 0.1) is 17.8 Å². The predicted molar refractivity (Wildman–Crippen MR) is 75.8 cm³/mol. The molecule has 1 radical (unpaired) electrons. The molecule has 2 heterocycles. The van der Waals surface area contributed by atoms with Gasteiger partial charge in [0.2, 0.25) is 0 Å². The quantitative estimate of drug-likeness (QED) is 0.652. The highest BCUT2D eigenvalue weighted by Gasteiger charge is 2.48. The standard InChI is InChI=1S/C16H21N3/c1-19(14-3-2-4-15(19)7-6-14)11-13-9-12(10-17)5-8-16(13)18/h2,5,8-9,14-15H,3-4,6-7,11,18H2,1H3/q+1. The van der Waals surface area contributed by atoms with Crippen LogP contribution in [0.15, 0.2) is 18.2 Å². The van der Waals surface area contributed by atoms with Gasteiger partial charge in [0, 0.05) is 36.9 Å². The monoisotopic (exact) mass is 255 g/mol. The lowest BCUT2D eigenvalue weighted by Crippen LogP contribution is -2.55. The smallest absolute Gasteiger partial charge is 0.107 e. The van der Waals surface area contributed by atoms with Crippen molar-refractivity contribution in [3.05, 3.63) is 35.7 Å². The molecule has 2 atom stereocenters. The number of quaternary nitrogens is 1. The van der Waals surface area contributed by atoms with E-state index < -0.39 is 0 Å². The number of rotatable bonds is 2. The molecule has 99 valence electrons. The van der Waals surface area contributed by atoms with Gasteiger partial charge in [0.1, 0.15) is 6.54 Å². The van der Waals surface area contributed by atoms with E-state index in [1.54, 1.807) is 6.07 Å². The van der Waals surface area contributed by atoms with Gasteiger partial charge < -0.3 is 10.2 Å². The Bertz CT molecular complexity index is 513. The van der Waals surface area contributed by atoms with Crippen LogP contribution in [0.4, 0.5) is 5.69 Å². The van der Waals surface area contributed by atoms with Crippen molar-refractivity contribution in [3.63, 3.8) is 0 Å². The molecular formula is C16H21N3+. The Hall–Kier alpha value is -1.53. The summed E-state index contributed by atoms with van der Waals surface area (Å²) in [4.78, 5) is 0. The second kappa shape index (κ2) is 4.54. The average molecular weight is 255 g/mol. The second-order valence-corrected chi connectivity index (χ2v) is 6.18. The van der Waals surface area contributed by atoms with Crippen LogP contribution < -0.4 is 5.73 Å². The summed E-state index contributed by atoms with van der Waals surface area (Å²) < 4.78 is 1.11. The Morgan fingerprint density at radius 2 is 2.00 bits per heavy atom. The minimum absolute atomic E-state index is 0.715. The third-order valence-corrected chi connectivity index (χ3v) is 5.16. The van der Waals surface area contributed by atoms with E-state index in [4.69, 9.17) is 11.0 Å². The van der Waals surface area contributed by atoms with Crippen LogP contribution in [0.5, 0.6) is 0 Å². The number of benzene rings is 1. The van der Waals surface area contributed by atoms with Crippen molar-refractivity contribution in [2.75, 3.05) is 12.8 Å². The van der Waals surface area contributed by atoms with Gasteiger partial charge in [-0.15, -0.1) is 0 Å². The Labute approximate surface area is 115 Å². The molecule has 2 aliphatic heterocycles. The van der Waals surface area contributed by atoms with Gasteiger partial charge in [0.15, 0.2) is 0 Å². The first kappa shape index (κ1) is 12.5. The number of piperidine rings is 1. The molecule has 2 aliphatic rings. The van der Waals surface area contributed by atoms with E-state index in [1.165, 1.54) is 25.7 Å². The number of nitrogen functional groups attached to an aromatic ring is 1. The van der Waals surface area contributed by atoms with Crippen LogP contribution in [0.2, 0.25) is 0 Å². The minimum Gasteiger partial charge on any atom is -0.398 e. The molecule has 0 spiro atoms. The zero-order chi connectivity index (χ0) is 13.5. The number of nitrogens with zero attached hydrogens (tertiary/aromatic N) is 2. The van der Waals surface area contributed by atoms with Crippen molar-refractivity contribution in [3.8, 4) is 6.07 Å². The summed E-state index contributed by atoms with van der Waals surface area (Å²) in [6.45, 7) is 0.963. The molecular weight excluding hydrogens is 234 g/mol. The zero-order valence-corrected chi connectivity index (χ0v) is 11.5. The Kier molecular flexibility index (Phi) is 2.99. The third kappa shape index (κ3) is 2.01. The second-order valence-electron chi connectivity index (χ2n) is 6.18. The Balaban J connectivity index is 1.91. The zero-order valence-electron chi connectivity index (χ0n) is 11.5. The first-order valence-corrected chi connectivity index (χ1v) is 7.08. The van der Waals surface area contributed by atoms with Gasteiger partial charge in [-0.2, -0.15) is 5.26 Å². The predicted octanol–water partition coefficient (Wildman–Crippen LogP) is 2.62. The summed E-state index contributed by atoms with van der Waals surface area (Å²) in [5, 5.41) is 9.04. The van der Waals surface area contributed by atoms with Crippen molar-refractivity contribution < 1.29 is 4.48 Å². The number of fused-ring (bicyclic) bond motifs is 2. The van der Waals surface area contributed by atoms with E-state index in [0.29, 0.717) is 5.56 Å². The van der Waals surface area contributed by atoms with Crippen molar-refractivity contribution in [2.45, 2.75) is 44.3 Å². The molecule has 3 rings (SSSR count). The first-order chi connectivity index (χ1) is 9.13. The van der Waals surface area contributed by atoms with Crippen molar-refractivity contribution in [2.24, 2.45) is 0 Å². The maximum atomic E-state index is 9.04. The molecule has 1 aromatic rings. The van der Waals surface area contributed by atoms with Gasteiger partial charge in [-0.3, -0.25) is 0 Å². The molecule has 3 heteroatoms. The van der Waals surface area contributed by atoms with Gasteiger partial charge >= 0.3 is 0 Å². The fraction of sp³-hybridized carbons (Fsp3) is 0.500. The van der Waals surface area contributed by atoms with Crippen molar-refractivity contribution in [1.29, 1.82) is 5.26 Å². The first-order valence-electron chi connectivity index (χ1n) is 7.08. The van der Waals surface area contributed by atoms with Crippen LogP contribution in [-0.2, 0) is 6.54 Å². The fourth-order valence-electron chi connectivity index (χ4n) is 3.91. The number of anilines is 1. The van der Waals surface area contributed by atoms with Gasteiger partial charge in [-0.25, -0.2) is 0 Å². The molecule has 0 aliphatic carbocycles. The molecule has 2 N–H and O–H groups in total. The lowest BCUT2D eigenvalue weighted by atomic mass is 9.97. The fourth-order valence-corrected chi connectivity index (χ4v) is 3.91. The summed E-state index contributed by atoms with van der Waals surface area (Å²) in [6, 6.07) is 9.34. The topological polar surface area (TPSA) is 49.8 Å². The maximum Gasteiger partial charge on any atom is 0.107 e. The highest BCUT2D eigenvalue weighted by atomic mass is 15.4. The summed E-state index contributed by atoms with van der Waals surface area (Å²) in [5.74, 6) is 0. The number of nitrogens with two attached hydrogens (primary N) is 1. The van der Waals surface area contributed by atoms with E-state index in [0.717, 1.165) is 34.4 Å². The summed E-state index contributed by atoms with van der Waals surface area (Å²) in [5.41, 5.74) is 8.78. The molecule has 1 aromatic carbocycles. The molecule has 2 fully saturated rings. The van der Waals surface area contributed by atoms with Crippen LogP contribution in [0.3, 0.4) is 0 Å². The van der Waals surface area contributed by atoms with E-state index >= 15 is 0 Å². The lowest BCUT2D eigenvalue weighted by Gasteiger charge is -2.45. The molecule has 0 aromatic heterocycles. The number of nitriles is 1. The number of hydrogen-bond donors (Lipinski definition) is 1. The Morgan fingerprint density at radius 1 is 1.32 bits per heavy atom. The van der Waals surface area contributed by atoms with Crippen LogP contribution >= 0.6 is 0 Å². The molecule has 0 amide bonds.